The van der Waals surface area contributed by atoms with Crippen molar-refractivity contribution in [3.8, 4) is 0 Å². The van der Waals surface area contributed by atoms with Crippen LogP contribution < -0.4 is 0 Å². The van der Waals surface area contributed by atoms with Crippen LogP contribution in [0.5, 0.6) is 0 Å². The van der Waals surface area contributed by atoms with Crippen LogP contribution in [-0.2, 0) is 14.3 Å². The van der Waals surface area contributed by atoms with E-state index in [1.54, 1.807) is 27.7 Å². The number of hydrogen-bond acceptors (Lipinski definition) is 5. The molecule has 0 radical (unpaired) electrons. The van der Waals surface area contributed by atoms with Crippen LogP contribution in [0.3, 0.4) is 0 Å². The first kappa shape index (κ1) is 15.2. The number of esters is 1. The van der Waals surface area contributed by atoms with E-state index in [1.165, 1.54) is 0 Å². The Morgan fingerprint density at radius 3 is 1.94 bits per heavy atom. The molecule has 6 heteroatoms. The third-order valence-corrected chi connectivity index (χ3v) is 1.75. The van der Waals surface area contributed by atoms with Crippen molar-refractivity contribution in [3.05, 3.63) is 11.5 Å². The quantitative estimate of drug-likeness (QED) is 0.262. The Morgan fingerprint density at radius 1 is 1.19 bits per heavy atom. The summed E-state index contributed by atoms with van der Waals surface area (Å²) in [4.78, 5) is 11.6. The van der Waals surface area contributed by atoms with Gasteiger partial charge in [0.05, 0.1) is 16.4 Å². The van der Waals surface area contributed by atoms with Gasteiger partial charge in [-0.15, -0.1) is 12.6 Å². The highest BCUT2D eigenvalue weighted by molar-refractivity contribution is 8.12. The van der Waals surface area contributed by atoms with E-state index in [-0.39, 0.29) is 22.0 Å². The SMILES string of the molecule is CC(C)OC(=O)C(C(=S)S)=C(O)OC(C)C. The van der Waals surface area contributed by atoms with E-state index in [1.807, 2.05) is 0 Å². The van der Waals surface area contributed by atoms with E-state index in [0.29, 0.717) is 0 Å². The summed E-state index contributed by atoms with van der Waals surface area (Å²) in [7, 11) is 0. The summed E-state index contributed by atoms with van der Waals surface area (Å²) in [5.74, 6) is -1.30. The van der Waals surface area contributed by atoms with Gasteiger partial charge in [0, 0.05) is 0 Å². The first-order chi connectivity index (χ1) is 7.25. The van der Waals surface area contributed by atoms with E-state index in [9.17, 15) is 9.90 Å². The number of carbonyl (C=O) groups is 1. The molecule has 4 nitrogen and oxygen atoms in total. The van der Waals surface area contributed by atoms with Crippen molar-refractivity contribution in [1.82, 2.24) is 0 Å². The minimum Gasteiger partial charge on any atom is -0.480 e. The number of aliphatic hydroxyl groups is 1. The average Bonchev–Trinajstić information content (AvgIpc) is 1.98. The minimum absolute atomic E-state index is 0.0659. The Labute approximate surface area is 106 Å². The molecule has 0 spiro atoms. The van der Waals surface area contributed by atoms with Crippen LogP contribution >= 0.6 is 24.8 Å². The molecule has 16 heavy (non-hydrogen) atoms. The molecule has 0 unspecified atom stereocenters. The highest BCUT2D eigenvalue weighted by atomic mass is 32.1. The van der Waals surface area contributed by atoms with Gasteiger partial charge in [0.15, 0.2) is 5.57 Å². The molecule has 0 saturated heterocycles. The van der Waals surface area contributed by atoms with Crippen LogP contribution in [0.4, 0.5) is 0 Å². The molecule has 0 aliphatic rings. The number of aliphatic hydroxyl groups excluding tert-OH is 1. The van der Waals surface area contributed by atoms with Crippen LogP contribution in [0.15, 0.2) is 11.5 Å². The normalized spacial score (nSPS) is 12.4. The molecule has 0 rings (SSSR count). The van der Waals surface area contributed by atoms with E-state index in [0.717, 1.165) is 0 Å². The van der Waals surface area contributed by atoms with Crippen molar-refractivity contribution in [3.63, 3.8) is 0 Å². The summed E-state index contributed by atoms with van der Waals surface area (Å²) in [6.45, 7) is 6.81. The number of thiol groups is 1. The zero-order valence-electron chi connectivity index (χ0n) is 9.68. The topological polar surface area (TPSA) is 55.8 Å². The molecule has 0 fully saturated rings. The first-order valence-electron chi connectivity index (χ1n) is 4.79. The van der Waals surface area contributed by atoms with Crippen molar-refractivity contribution in [2.45, 2.75) is 39.9 Å². The maximum absolute atomic E-state index is 11.6. The van der Waals surface area contributed by atoms with Crippen molar-refractivity contribution in [2.24, 2.45) is 0 Å². The first-order valence-corrected chi connectivity index (χ1v) is 5.65. The van der Waals surface area contributed by atoms with Crippen molar-refractivity contribution in [2.75, 3.05) is 0 Å². The number of hydrogen-bond donors (Lipinski definition) is 2. The van der Waals surface area contributed by atoms with Gasteiger partial charge in [-0.05, 0) is 27.7 Å². The van der Waals surface area contributed by atoms with E-state index in [4.69, 9.17) is 21.7 Å². The van der Waals surface area contributed by atoms with Gasteiger partial charge in [0.2, 0.25) is 0 Å². The van der Waals surface area contributed by atoms with Gasteiger partial charge >= 0.3 is 5.97 Å². The van der Waals surface area contributed by atoms with Crippen LogP contribution in [0.1, 0.15) is 27.7 Å². The molecular weight excluding hydrogens is 248 g/mol. The lowest BCUT2D eigenvalue weighted by molar-refractivity contribution is -0.142. The van der Waals surface area contributed by atoms with Crippen LogP contribution in [-0.4, -0.2) is 27.5 Å². The predicted octanol–water partition coefficient (Wildman–Crippen LogP) is 2.39. The molecule has 0 aliphatic heterocycles. The summed E-state index contributed by atoms with van der Waals surface area (Å²) >= 11 is 8.59. The van der Waals surface area contributed by atoms with Crippen LogP contribution in [0.25, 0.3) is 0 Å². The molecule has 0 saturated carbocycles. The highest BCUT2D eigenvalue weighted by Crippen LogP contribution is 2.14. The third-order valence-electron chi connectivity index (χ3n) is 1.32. The van der Waals surface area contributed by atoms with Crippen LogP contribution in [0.2, 0.25) is 0 Å². The van der Waals surface area contributed by atoms with Gasteiger partial charge in [-0.2, -0.15) is 0 Å². The molecule has 0 aromatic heterocycles. The third kappa shape index (κ3) is 5.37. The molecule has 1 N–H and O–H groups in total. The monoisotopic (exact) mass is 264 g/mol. The Morgan fingerprint density at radius 2 is 1.62 bits per heavy atom. The molecule has 92 valence electrons. The molecule has 0 atom stereocenters. The lowest BCUT2D eigenvalue weighted by atomic mass is 10.3. The predicted molar refractivity (Wildman–Crippen MR) is 68.7 cm³/mol. The fraction of sp³-hybridized carbons (Fsp3) is 0.600. The lowest BCUT2D eigenvalue weighted by Crippen LogP contribution is -2.20. The second-order valence-corrected chi connectivity index (χ2v) is 4.76. The Bertz CT molecular complexity index is 308. The fourth-order valence-corrected chi connectivity index (χ4v) is 1.18. The number of thiocarbonyl (C=S) groups is 1. The van der Waals surface area contributed by atoms with Crippen molar-refractivity contribution < 1.29 is 19.4 Å². The smallest absolute Gasteiger partial charge is 0.347 e. The second-order valence-electron chi connectivity index (χ2n) is 3.61. The summed E-state index contributed by atoms with van der Waals surface area (Å²) < 4.78 is 9.81. The minimum atomic E-state index is -0.742. The largest absolute Gasteiger partial charge is 0.480 e. The second kappa shape index (κ2) is 6.75. The van der Waals surface area contributed by atoms with Gasteiger partial charge in [0.25, 0.3) is 5.95 Å². The molecule has 0 heterocycles. The molecule has 0 aromatic carbocycles. The number of ether oxygens (including phenoxy) is 2. The average molecular weight is 264 g/mol. The Balaban J connectivity index is 4.99. The Kier molecular flexibility index (Phi) is 6.43. The summed E-state index contributed by atoms with van der Waals surface area (Å²) in [6.07, 6.45) is -0.582. The molecule has 0 bridgehead atoms. The van der Waals surface area contributed by atoms with E-state index < -0.39 is 11.9 Å². The molecule has 0 aromatic rings. The van der Waals surface area contributed by atoms with Crippen LogP contribution in [0, 0.1) is 0 Å². The van der Waals surface area contributed by atoms with Gasteiger partial charge < -0.3 is 14.6 Å². The van der Waals surface area contributed by atoms with Gasteiger partial charge in [-0.3, -0.25) is 0 Å². The zero-order chi connectivity index (χ0) is 12.9. The standard InChI is InChI=1S/C10H16O4S2/c1-5(2)13-8(11)7(10(15)16)9(12)14-6(3)4/h5-6,11H,1-4H3,(H,15,16). The molecular formula is C10H16O4S2. The van der Waals surface area contributed by atoms with Crippen molar-refractivity contribution >= 4 is 35.0 Å². The van der Waals surface area contributed by atoms with Gasteiger partial charge in [0.1, 0.15) is 0 Å². The van der Waals surface area contributed by atoms with Gasteiger partial charge in [-0.1, -0.05) is 12.2 Å². The Hall–Kier alpha value is -0.750. The molecule has 0 aliphatic carbocycles. The van der Waals surface area contributed by atoms with Crippen molar-refractivity contribution in [1.29, 1.82) is 0 Å². The fourth-order valence-electron chi connectivity index (χ4n) is 0.821. The number of rotatable bonds is 5. The molecule has 0 amide bonds. The summed E-state index contributed by atoms with van der Waals surface area (Å²) in [5.41, 5.74) is -0.222. The maximum atomic E-state index is 11.6. The summed E-state index contributed by atoms with van der Waals surface area (Å²) in [5, 5.41) is 9.55. The van der Waals surface area contributed by atoms with E-state index >= 15 is 0 Å². The lowest BCUT2D eigenvalue weighted by Gasteiger charge is -2.13. The van der Waals surface area contributed by atoms with Gasteiger partial charge in [-0.25, -0.2) is 4.79 Å². The summed E-state index contributed by atoms with van der Waals surface area (Å²) in [6, 6.07) is 0. The highest BCUT2D eigenvalue weighted by Gasteiger charge is 2.22. The maximum Gasteiger partial charge on any atom is 0.347 e. The van der Waals surface area contributed by atoms with E-state index in [2.05, 4.69) is 12.6 Å². The zero-order valence-corrected chi connectivity index (χ0v) is 11.4. The number of carbonyl (C=O) groups excluding carboxylic acids is 1.